The summed E-state index contributed by atoms with van der Waals surface area (Å²) in [5.41, 5.74) is 2.98. The summed E-state index contributed by atoms with van der Waals surface area (Å²) in [6.45, 7) is 5.05. The molecular weight excluding hydrogens is 710 g/mol. The van der Waals surface area contributed by atoms with Crippen LogP contribution in [0.2, 0.25) is 0 Å². The zero-order valence-electron chi connectivity index (χ0n) is 31.2. The van der Waals surface area contributed by atoms with Crippen molar-refractivity contribution in [1.82, 2.24) is 19.8 Å². The molecule has 12 nitrogen and oxygen atoms in total. The smallest absolute Gasteiger partial charge is 0.274 e. The highest BCUT2D eigenvalue weighted by Crippen LogP contribution is 2.39. The van der Waals surface area contributed by atoms with Gasteiger partial charge in [0.05, 0.1) is 11.1 Å². The van der Waals surface area contributed by atoms with Crippen LogP contribution in [0.1, 0.15) is 73.1 Å². The SMILES string of the molecule is CC.CN1C(=O)c2cccc(NCCCCNC(=O)CCCCC(=O)Nc3ccc(Oc4ccc(F)cc4F)c(-c4cn(C)c(=O)c5[nH]ccc45)c3)c2C1=O. The lowest BCUT2D eigenvalue weighted by Crippen LogP contribution is -2.25. The average molecular weight is 755 g/mol. The number of imide groups is 1. The summed E-state index contributed by atoms with van der Waals surface area (Å²) >= 11 is 0. The minimum atomic E-state index is -0.888. The highest BCUT2D eigenvalue weighted by molar-refractivity contribution is 6.23. The van der Waals surface area contributed by atoms with Crippen LogP contribution in [-0.2, 0) is 16.6 Å². The van der Waals surface area contributed by atoms with E-state index in [-0.39, 0.29) is 53.5 Å². The van der Waals surface area contributed by atoms with Gasteiger partial charge in [0.2, 0.25) is 11.8 Å². The van der Waals surface area contributed by atoms with Gasteiger partial charge in [-0.15, -0.1) is 0 Å². The summed E-state index contributed by atoms with van der Waals surface area (Å²) < 4.78 is 35.4. The van der Waals surface area contributed by atoms with Gasteiger partial charge in [0.1, 0.15) is 17.1 Å². The Labute approximate surface area is 316 Å². The molecule has 5 aromatic rings. The van der Waals surface area contributed by atoms with Gasteiger partial charge in [-0.3, -0.25) is 28.9 Å². The van der Waals surface area contributed by atoms with Crippen LogP contribution in [0.25, 0.3) is 22.0 Å². The van der Waals surface area contributed by atoms with E-state index in [0.29, 0.717) is 76.9 Å². The summed E-state index contributed by atoms with van der Waals surface area (Å²) in [6.07, 6.45) is 6.11. The molecule has 288 valence electrons. The second-order valence-corrected chi connectivity index (χ2v) is 12.7. The Bertz CT molecular complexity index is 2280. The van der Waals surface area contributed by atoms with Crippen molar-refractivity contribution in [3.05, 3.63) is 106 Å². The van der Waals surface area contributed by atoms with Crippen LogP contribution < -0.4 is 26.2 Å². The first-order chi connectivity index (χ1) is 26.5. The third-order valence-corrected chi connectivity index (χ3v) is 8.98. The van der Waals surface area contributed by atoms with Gasteiger partial charge in [-0.2, -0.15) is 0 Å². The number of pyridine rings is 1. The minimum Gasteiger partial charge on any atom is -0.454 e. The Morgan fingerprint density at radius 2 is 1.51 bits per heavy atom. The number of H-pyrrole nitrogens is 1. The number of unbranched alkanes of at least 4 members (excludes halogenated alkanes) is 2. The monoisotopic (exact) mass is 754 g/mol. The maximum atomic E-state index is 14.5. The summed E-state index contributed by atoms with van der Waals surface area (Å²) in [7, 11) is 3.06. The number of nitrogens with one attached hydrogen (secondary N) is 4. The lowest BCUT2D eigenvalue weighted by molar-refractivity contribution is -0.121. The first-order valence-corrected chi connectivity index (χ1v) is 18.2. The van der Waals surface area contributed by atoms with Crippen molar-refractivity contribution in [1.29, 1.82) is 0 Å². The molecule has 2 aromatic heterocycles. The summed E-state index contributed by atoms with van der Waals surface area (Å²) in [6, 6.07) is 14.7. The van der Waals surface area contributed by atoms with Crippen LogP contribution in [0.4, 0.5) is 20.2 Å². The molecule has 0 saturated heterocycles. The van der Waals surface area contributed by atoms with Gasteiger partial charge in [0.15, 0.2) is 11.6 Å². The van der Waals surface area contributed by atoms with E-state index in [0.717, 1.165) is 23.5 Å². The number of carbonyl (C=O) groups excluding carboxylic acids is 4. The Balaban J connectivity index is 0.00000285. The Morgan fingerprint density at radius 1 is 0.782 bits per heavy atom. The van der Waals surface area contributed by atoms with Crippen LogP contribution >= 0.6 is 0 Å². The number of halogens is 2. The third kappa shape index (κ3) is 9.26. The quantitative estimate of drug-likeness (QED) is 0.0643. The number of hydrogen-bond donors (Lipinski definition) is 4. The van der Waals surface area contributed by atoms with Crippen molar-refractivity contribution in [2.24, 2.45) is 7.05 Å². The van der Waals surface area contributed by atoms with Crippen LogP contribution in [0.15, 0.2) is 77.9 Å². The van der Waals surface area contributed by atoms with Gasteiger partial charge in [0.25, 0.3) is 17.4 Å². The first-order valence-electron chi connectivity index (χ1n) is 18.2. The molecule has 14 heteroatoms. The fourth-order valence-electron chi connectivity index (χ4n) is 6.20. The van der Waals surface area contributed by atoms with E-state index in [1.165, 1.54) is 17.7 Å². The number of amides is 4. The Kier molecular flexibility index (Phi) is 13.2. The number of aromatic amines is 1. The zero-order valence-corrected chi connectivity index (χ0v) is 31.2. The number of nitrogens with zero attached hydrogens (tertiary/aromatic N) is 2. The van der Waals surface area contributed by atoms with E-state index < -0.39 is 11.6 Å². The molecule has 4 N–H and O–H groups in total. The predicted octanol–water partition coefficient (Wildman–Crippen LogP) is 7.36. The maximum absolute atomic E-state index is 14.5. The van der Waals surface area contributed by atoms with Crippen LogP contribution in [-0.4, -0.2) is 58.2 Å². The average Bonchev–Trinajstić information content (AvgIpc) is 3.76. The van der Waals surface area contributed by atoms with E-state index in [1.54, 1.807) is 61.9 Å². The van der Waals surface area contributed by atoms with Crippen LogP contribution in [0, 0.1) is 11.6 Å². The van der Waals surface area contributed by atoms with E-state index in [4.69, 9.17) is 4.74 Å². The van der Waals surface area contributed by atoms with Gasteiger partial charge < -0.3 is 30.2 Å². The number of anilines is 2. The molecule has 4 amide bonds. The van der Waals surface area contributed by atoms with Gasteiger partial charge in [-0.1, -0.05) is 19.9 Å². The first kappa shape index (κ1) is 39.9. The number of aryl methyl sites for hydroxylation is 1. The Morgan fingerprint density at radius 3 is 2.27 bits per heavy atom. The van der Waals surface area contributed by atoms with E-state index in [1.807, 2.05) is 13.8 Å². The molecule has 1 aliphatic rings. The molecule has 55 heavy (non-hydrogen) atoms. The van der Waals surface area contributed by atoms with Crippen LogP contribution in [0.5, 0.6) is 11.5 Å². The highest BCUT2D eigenvalue weighted by atomic mass is 19.1. The third-order valence-electron chi connectivity index (χ3n) is 8.98. The molecule has 1 aliphatic heterocycles. The van der Waals surface area contributed by atoms with Crippen LogP contribution in [0.3, 0.4) is 0 Å². The maximum Gasteiger partial charge on any atom is 0.274 e. The van der Waals surface area contributed by atoms with E-state index in [9.17, 15) is 32.8 Å². The summed E-state index contributed by atoms with van der Waals surface area (Å²) in [5, 5.41) is 9.56. The van der Waals surface area contributed by atoms with E-state index >= 15 is 0 Å². The van der Waals surface area contributed by atoms with Crippen molar-refractivity contribution >= 4 is 45.9 Å². The zero-order chi connectivity index (χ0) is 39.6. The number of aromatic nitrogens is 2. The number of hydrogen-bond acceptors (Lipinski definition) is 7. The second kappa shape index (κ2) is 18.1. The summed E-state index contributed by atoms with van der Waals surface area (Å²) in [4.78, 5) is 66.6. The van der Waals surface area contributed by atoms with Crippen molar-refractivity contribution < 1.29 is 32.7 Å². The number of carbonyl (C=O) groups is 4. The number of benzene rings is 3. The molecule has 0 bridgehead atoms. The topological polar surface area (TPSA) is 155 Å². The van der Waals surface area contributed by atoms with Crippen molar-refractivity contribution in [3.8, 4) is 22.6 Å². The standard InChI is InChI=1S/C39H38F2N6O6.C2H6/c1-46-22-28(25-16-19-44-36(25)39(46)52)27-21-24(13-15-31(27)53-32-14-12-23(40)20-29(32)41)45-34(49)11-4-3-10-33(48)43-18-6-5-17-42-30-9-7-8-26-35(30)38(51)47(2)37(26)50;1-2/h7-9,12-16,19-22,42,44H,3-6,10-11,17-18H2,1-2H3,(H,43,48)(H,45,49);1-2H3. The molecule has 0 atom stereocenters. The number of rotatable bonds is 15. The fourth-order valence-corrected chi connectivity index (χ4v) is 6.20. The molecule has 0 radical (unpaired) electrons. The van der Waals surface area contributed by atoms with Gasteiger partial charge >= 0.3 is 0 Å². The van der Waals surface area contributed by atoms with Crippen molar-refractivity contribution in [2.45, 2.75) is 52.4 Å². The molecule has 0 unspecified atom stereocenters. The minimum absolute atomic E-state index is 0.113. The molecule has 0 fully saturated rings. The van der Waals surface area contributed by atoms with Gasteiger partial charge in [-0.05, 0) is 74.2 Å². The molecule has 3 aromatic carbocycles. The Hall–Kier alpha value is -6.31. The van der Waals surface area contributed by atoms with Crippen molar-refractivity contribution in [3.63, 3.8) is 0 Å². The molecule has 3 heterocycles. The summed E-state index contributed by atoms with van der Waals surface area (Å²) in [5.74, 6) is -2.63. The van der Waals surface area contributed by atoms with Gasteiger partial charge in [0, 0.05) is 86.4 Å². The lowest BCUT2D eigenvalue weighted by Gasteiger charge is -2.16. The normalized spacial score (nSPS) is 11.9. The second-order valence-electron chi connectivity index (χ2n) is 12.7. The number of fused-ring (bicyclic) bond motifs is 2. The molecule has 0 saturated carbocycles. The highest BCUT2D eigenvalue weighted by Gasteiger charge is 2.34. The fraction of sp³-hybridized carbons (Fsp3) is 0.293. The lowest BCUT2D eigenvalue weighted by atomic mass is 10.0. The molecule has 6 rings (SSSR count). The largest absolute Gasteiger partial charge is 0.454 e. The predicted molar refractivity (Wildman–Crippen MR) is 207 cm³/mol. The number of ether oxygens (including phenoxy) is 1. The molecular formula is C41H44F2N6O6. The molecule has 0 spiro atoms. The molecule has 0 aliphatic carbocycles. The van der Waals surface area contributed by atoms with E-state index in [2.05, 4.69) is 20.9 Å². The van der Waals surface area contributed by atoms with Crippen molar-refractivity contribution in [2.75, 3.05) is 30.8 Å². The van der Waals surface area contributed by atoms with Gasteiger partial charge in [-0.25, -0.2) is 8.78 Å².